The summed E-state index contributed by atoms with van der Waals surface area (Å²) < 4.78 is 29.1. The Hall–Kier alpha value is -2.85. The molecule has 0 N–H and O–H groups in total. The lowest BCUT2D eigenvalue weighted by Gasteiger charge is -2.13. The molecule has 0 amide bonds. The summed E-state index contributed by atoms with van der Waals surface area (Å²) in [6.45, 7) is 6.30. The molecule has 4 rings (SSSR count). The van der Waals surface area contributed by atoms with Crippen LogP contribution in [0.1, 0.15) is 56.4 Å². The molecule has 0 aliphatic carbocycles. The number of hydrogen-bond acceptors (Lipinski definition) is 2. The first-order valence-corrected chi connectivity index (χ1v) is 13.4. The van der Waals surface area contributed by atoms with Crippen LogP contribution in [-0.4, -0.2) is 12.4 Å². The fourth-order valence-electron chi connectivity index (χ4n) is 4.44. The van der Waals surface area contributed by atoms with Gasteiger partial charge in [-0.2, -0.15) is 0 Å². The van der Waals surface area contributed by atoms with E-state index in [0.717, 1.165) is 60.9 Å². The Morgan fingerprint density at radius 2 is 1.45 bits per heavy atom. The van der Waals surface area contributed by atoms with Crippen LogP contribution >= 0.6 is 0 Å². The van der Waals surface area contributed by atoms with Crippen molar-refractivity contribution in [1.29, 1.82) is 0 Å². The molecule has 0 atom stereocenters. The van der Waals surface area contributed by atoms with Gasteiger partial charge in [0.05, 0.1) is 4.90 Å². The van der Waals surface area contributed by atoms with Crippen molar-refractivity contribution < 1.29 is 8.42 Å². The molecule has 0 spiro atoms. The molecule has 0 unspecified atom stereocenters. The number of rotatable bonds is 9. The highest BCUT2D eigenvalue weighted by Gasteiger charge is 2.25. The van der Waals surface area contributed by atoms with Crippen LogP contribution in [-0.2, 0) is 22.9 Å². The number of benzene rings is 3. The van der Waals surface area contributed by atoms with Crippen molar-refractivity contribution in [2.24, 2.45) is 0 Å². The minimum Gasteiger partial charge on any atom is -0.245 e. The minimum absolute atomic E-state index is 0.341. The molecule has 4 heteroatoms. The second-order valence-electron chi connectivity index (χ2n) is 8.85. The molecule has 0 fully saturated rings. The fraction of sp³-hybridized carbons (Fsp3) is 0.310. The highest BCUT2D eigenvalue weighted by molar-refractivity contribution is 7.90. The zero-order chi connectivity index (χ0) is 23.4. The Balaban J connectivity index is 1.93. The SMILES string of the molecule is CCCCc1c(-c2ccc3ccccc3c2)cn(S(=O)(=O)c2ccc(C)cc2)c1CCCC. The van der Waals surface area contributed by atoms with Crippen molar-refractivity contribution in [3.63, 3.8) is 0 Å². The normalized spacial score (nSPS) is 11.8. The lowest BCUT2D eigenvalue weighted by molar-refractivity contribution is 0.583. The predicted octanol–water partition coefficient (Wildman–Crippen LogP) is 7.54. The minimum atomic E-state index is -3.68. The third-order valence-corrected chi connectivity index (χ3v) is 8.08. The lowest BCUT2D eigenvalue weighted by atomic mass is 9.95. The summed E-state index contributed by atoms with van der Waals surface area (Å²) >= 11 is 0. The average Bonchev–Trinajstić information content (AvgIpc) is 3.20. The summed E-state index contributed by atoms with van der Waals surface area (Å²) in [5.74, 6) is 0. The second kappa shape index (κ2) is 9.96. The zero-order valence-electron chi connectivity index (χ0n) is 19.8. The Bertz CT molecular complexity index is 1350. The third kappa shape index (κ3) is 4.77. The summed E-state index contributed by atoms with van der Waals surface area (Å²) in [7, 11) is -3.68. The van der Waals surface area contributed by atoms with E-state index in [1.807, 2.05) is 37.4 Å². The smallest absolute Gasteiger partial charge is 0.245 e. The largest absolute Gasteiger partial charge is 0.267 e. The molecule has 3 aromatic carbocycles. The van der Waals surface area contributed by atoms with Gasteiger partial charge in [0.2, 0.25) is 0 Å². The highest BCUT2D eigenvalue weighted by Crippen LogP contribution is 2.35. The number of aromatic nitrogens is 1. The molecule has 3 nitrogen and oxygen atoms in total. The van der Waals surface area contributed by atoms with Crippen molar-refractivity contribution >= 4 is 20.8 Å². The average molecular weight is 460 g/mol. The number of fused-ring (bicyclic) bond motifs is 1. The molecule has 0 radical (unpaired) electrons. The van der Waals surface area contributed by atoms with Gasteiger partial charge in [-0.05, 0) is 72.7 Å². The van der Waals surface area contributed by atoms with E-state index in [0.29, 0.717) is 4.90 Å². The van der Waals surface area contributed by atoms with Crippen LogP contribution in [0, 0.1) is 6.92 Å². The first-order chi connectivity index (χ1) is 16.0. The summed E-state index contributed by atoms with van der Waals surface area (Å²) in [4.78, 5) is 0.341. The second-order valence-corrected chi connectivity index (χ2v) is 10.7. The maximum absolute atomic E-state index is 13.8. The summed E-state index contributed by atoms with van der Waals surface area (Å²) in [6, 6.07) is 21.9. The van der Waals surface area contributed by atoms with Gasteiger partial charge in [-0.3, -0.25) is 0 Å². The summed E-state index contributed by atoms with van der Waals surface area (Å²) in [5, 5.41) is 2.36. The molecule has 1 aromatic heterocycles. The Morgan fingerprint density at radius 3 is 2.15 bits per heavy atom. The molecule has 0 saturated carbocycles. The Labute approximate surface area is 198 Å². The first-order valence-electron chi connectivity index (χ1n) is 12.0. The van der Waals surface area contributed by atoms with E-state index in [1.54, 1.807) is 16.1 Å². The van der Waals surface area contributed by atoms with Crippen molar-refractivity contribution in [2.75, 3.05) is 0 Å². The van der Waals surface area contributed by atoms with E-state index in [9.17, 15) is 8.42 Å². The molecule has 0 bridgehead atoms. The molecule has 33 heavy (non-hydrogen) atoms. The monoisotopic (exact) mass is 459 g/mol. The number of unbranched alkanes of at least 4 members (excludes halogenated alkanes) is 2. The lowest BCUT2D eigenvalue weighted by Crippen LogP contribution is -2.15. The standard InChI is InChI=1S/C29H33NO2S/c1-4-6-12-27-28(25-17-16-23-10-8-9-11-24(23)20-25)21-30(29(27)13-7-5-2)33(31,32)26-18-14-22(3)15-19-26/h8-11,14-21H,4-7,12-13H2,1-3H3. The van der Waals surface area contributed by atoms with Gasteiger partial charge >= 0.3 is 0 Å². The topological polar surface area (TPSA) is 39.1 Å². The van der Waals surface area contributed by atoms with Crippen molar-refractivity contribution in [2.45, 2.75) is 64.2 Å². The van der Waals surface area contributed by atoms with Crippen molar-refractivity contribution in [3.8, 4) is 11.1 Å². The van der Waals surface area contributed by atoms with Gasteiger partial charge in [-0.25, -0.2) is 12.4 Å². The van der Waals surface area contributed by atoms with Crippen LogP contribution in [0.2, 0.25) is 0 Å². The van der Waals surface area contributed by atoms with E-state index in [2.05, 4.69) is 44.2 Å². The molecule has 1 heterocycles. The van der Waals surface area contributed by atoms with Gasteiger partial charge in [0, 0.05) is 17.5 Å². The predicted molar refractivity (Wildman–Crippen MR) is 138 cm³/mol. The van der Waals surface area contributed by atoms with Crippen LogP contribution in [0.5, 0.6) is 0 Å². The molecule has 0 aliphatic rings. The summed E-state index contributed by atoms with van der Waals surface area (Å²) in [6.07, 6.45) is 7.60. The van der Waals surface area contributed by atoms with E-state index >= 15 is 0 Å². The van der Waals surface area contributed by atoms with Crippen LogP contribution in [0.15, 0.2) is 77.8 Å². The van der Waals surface area contributed by atoms with Gasteiger partial charge in [0.15, 0.2) is 0 Å². The fourth-order valence-corrected chi connectivity index (χ4v) is 5.89. The van der Waals surface area contributed by atoms with Crippen LogP contribution in [0.4, 0.5) is 0 Å². The van der Waals surface area contributed by atoms with Crippen molar-refractivity contribution in [3.05, 3.63) is 89.7 Å². The number of nitrogens with zero attached hydrogens (tertiary/aromatic N) is 1. The van der Waals surface area contributed by atoms with Gasteiger partial charge in [-0.1, -0.05) is 80.8 Å². The number of aryl methyl sites for hydroxylation is 1. The Morgan fingerprint density at radius 1 is 0.788 bits per heavy atom. The quantitative estimate of drug-likeness (QED) is 0.259. The van der Waals surface area contributed by atoms with Gasteiger partial charge < -0.3 is 0 Å². The van der Waals surface area contributed by atoms with E-state index in [4.69, 9.17) is 0 Å². The maximum atomic E-state index is 13.8. The van der Waals surface area contributed by atoms with Crippen LogP contribution in [0.25, 0.3) is 21.9 Å². The molecule has 0 saturated heterocycles. The third-order valence-electron chi connectivity index (χ3n) is 6.37. The zero-order valence-corrected chi connectivity index (χ0v) is 20.7. The van der Waals surface area contributed by atoms with Gasteiger partial charge in [0.1, 0.15) is 0 Å². The van der Waals surface area contributed by atoms with Gasteiger partial charge in [0.25, 0.3) is 10.0 Å². The molecular formula is C29H33NO2S. The molecule has 172 valence electrons. The molecular weight excluding hydrogens is 426 g/mol. The molecule has 4 aromatic rings. The van der Waals surface area contributed by atoms with Crippen LogP contribution < -0.4 is 0 Å². The van der Waals surface area contributed by atoms with E-state index in [1.165, 1.54) is 16.3 Å². The van der Waals surface area contributed by atoms with Gasteiger partial charge in [-0.15, -0.1) is 0 Å². The highest BCUT2D eigenvalue weighted by atomic mass is 32.2. The Kier molecular flexibility index (Phi) is 7.04. The first kappa shape index (κ1) is 23.3. The molecule has 0 aliphatic heterocycles. The summed E-state index contributed by atoms with van der Waals surface area (Å²) in [5.41, 5.74) is 5.28. The van der Waals surface area contributed by atoms with Crippen LogP contribution in [0.3, 0.4) is 0 Å². The van der Waals surface area contributed by atoms with E-state index < -0.39 is 10.0 Å². The van der Waals surface area contributed by atoms with E-state index in [-0.39, 0.29) is 0 Å². The van der Waals surface area contributed by atoms with Crippen molar-refractivity contribution in [1.82, 2.24) is 3.97 Å². The number of hydrogen-bond donors (Lipinski definition) is 0. The maximum Gasteiger partial charge on any atom is 0.267 e.